The maximum absolute atomic E-state index is 5.81. The van der Waals surface area contributed by atoms with Crippen molar-refractivity contribution in [2.24, 2.45) is 0 Å². The maximum atomic E-state index is 5.81. The maximum Gasteiger partial charge on any atom is 0.0940 e. The van der Waals surface area contributed by atoms with Gasteiger partial charge in [-0.3, -0.25) is 0 Å². The van der Waals surface area contributed by atoms with Crippen molar-refractivity contribution in [1.82, 2.24) is 5.32 Å². The first-order chi connectivity index (χ1) is 6.64. The van der Waals surface area contributed by atoms with Gasteiger partial charge in [0.15, 0.2) is 0 Å². The lowest BCUT2D eigenvalue weighted by molar-refractivity contribution is -0.118. The monoisotopic (exact) mass is 219 g/mol. The number of ether oxygens (including phenoxy) is 2. The molecule has 0 bridgehead atoms. The van der Waals surface area contributed by atoms with E-state index < -0.39 is 0 Å². The average molecular weight is 220 g/mol. The lowest BCUT2D eigenvalue weighted by atomic mass is 10.1. The van der Waals surface area contributed by atoms with Crippen molar-refractivity contribution in [2.75, 3.05) is 26.3 Å². The molecule has 0 saturated carbocycles. The second-order valence-electron chi connectivity index (χ2n) is 4.03. The minimum absolute atomic E-state index is 0.0887. The van der Waals surface area contributed by atoms with Crippen LogP contribution in [0, 0.1) is 0 Å². The van der Waals surface area contributed by atoms with Crippen LogP contribution in [0.2, 0.25) is 0 Å². The Morgan fingerprint density at radius 3 is 3.07 bits per heavy atom. The standard InChI is InChI=1S/C10H18ClNO2/c1-10(2)8-12-6-9(14-10)7-13-5-3-4-11/h3-4,9,12H,5-8H2,1-2H3/b4-3+. The van der Waals surface area contributed by atoms with Gasteiger partial charge in [0.2, 0.25) is 0 Å². The van der Waals surface area contributed by atoms with E-state index in [4.69, 9.17) is 21.1 Å². The number of hydrogen-bond donors (Lipinski definition) is 1. The topological polar surface area (TPSA) is 30.5 Å². The van der Waals surface area contributed by atoms with Crippen LogP contribution in [-0.2, 0) is 9.47 Å². The van der Waals surface area contributed by atoms with Crippen LogP contribution in [0.4, 0.5) is 0 Å². The molecule has 1 rings (SSSR count). The molecule has 82 valence electrons. The molecule has 4 heteroatoms. The first kappa shape index (κ1) is 12.0. The average Bonchev–Trinajstić information content (AvgIpc) is 2.11. The van der Waals surface area contributed by atoms with Gasteiger partial charge in [-0.15, -0.1) is 0 Å². The van der Waals surface area contributed by atoms with Crippen LogP contribution in [0.15, 0.2) is 11.6 Å². The summed E-state index contributed by atoms with van der Waals surface area (Å²) in [6, 6.07) is 0. The van der Waals surface area contributed by atoms with Crippen LogP contribution in [0.3, 0.4) is 0 Å². The van der Waals surface area contributed by atoms with E-state index in [-0.39, 0.29) is 11.7 Å². The summed E-state index contributed by atoms with van der Waals surface area (Å²) >= 11 is 5.36. The Morgan fingerprint density at radius 2 is 2.43 bits per heavy atom. The van der Waals surface area contributed by atoms with Crippen molar-refractivity contribution in [2.45, 2.75) is 25.6 Å². The molecule has 1 aliphatic heterocycles. The van der Waals surface area contributed by atoms with Gasteiger partial charge in [-0.05, 0) is 19.9 Å². The van der Waals surface area contributed by atoms with Gasteiger partial charge in [0.1, 0.15) is 0 Å². The summed E-state index contributed by atoms with van der Waals surface area (Å²) in [7, 11) is 0. The van der Waals surface area contributed by atoms with E-state index in [1.807, 2.05) is 0 Å². The molecule has 1 N–H and O–H groups in total. The highest BCUT2D eigenvalue weighted by molar-refractivity contribution is 6.25. The number of morpholine rings is 1. The van der Waals surface area contributed by atoms with Gasteiger partial charge in [-0.1, -0.05) is 11.6 Å². The van der Waals surface area contributed by atoms with Gasteiger partial charge >= 0.3 is 0 Å². The third-order valence-electron chi connectivity index (χ3n) is 2.02. The number of nitrogens with one attached hydrogen (secondary N) is 1. The molecule has 14 heavy (non-hydrogen) atoms. The predicted octanol–water partition coefficient (Wildman–Crippen LogP) is 1.52. The number of hydrogen-bond acceptors (Lipinski definition) is 3. The van der Waals surface area contributed by atoms with Crippen molar-refractivity contribution in [3.63, 3.8) is 0 Å². The summed E-state index contributed by atoms with van der Waals surface area (Å²) in [5, 5.41) is 3.32. The largest absolute Gasteiger partial charge is 0.375 e. The normalized spacial score (nSPS) is 26.9. The van der Waals surface area contributed by atoms with E-state index in [0.717, 1.165) is 13.1 Å². The van der Waals surface area contributed by atoms with Crippen molar-refractivity contribution < 1.29 is 9.47 Å². The molecule has 1 heterocycles. The summed E-state index contributed by atoms with van der Waals surface area (Å²) in [5.74, 6) is 0. The zero-order chi connectivity index (χ0) is 10.4. The van der Waals surface area contributed by atoms with Crippen LogP contribution < -0.4 is 5.32 Å². The molecule has 0 aromatic heterocycles. The zero-order valence-electron chi connectivity index (χ0n) is 8.75. The Balaban J connectivity index is 2.18. The number of rotatable bonds is 4. The first-order valence-corrected chi connectivity index (χ1v) is 5.29. The van der Waals surface area contributed by atoms with E-state index in [1.165, 1.54) is 5.54 Å². The quantitative estimate of drug-likeness (QED) is 0.728. The Morgan fingerprint density at radius 1 is 1.64 bits per heavy atom. The van der Waals surface area contributed by atoms with Crippen LogP contribution in [-0.4, -0.2) is 38.0 Å². The van der Waals surface area contributed by atoms with E-state index in [0.29, 0.717) is 13.2 Å². The molecule has 1 unspecified atom stereocenters. The van der Waals surface area contributed by atoms with E-state index in [2.05, 4.69) is 19.2 Å². The molecule has 0 radical (unpaired) electrons. The molecule has 0 aromatic carbocycles. The molecular weight excluding hydrogens is 202 g/mol. The van der Waals surface area contributed by atoms with Crippen LogP contribution in [0.5, 0.6) is 0 Å². The fourth-order valence-electron chi connectivity index (χ4n) is 1.47. The summed E-state index contributed by atoms with van der Waals surface area (Å²) in [6.07, 6.45) is 1.91. The van der Waals surface area contributed by atoms with Crippen LogP contribution in [0.25, 0.3) is 0 Å². The molecule has 0 spiro atoms. The summed E-state index contributed by atoms with van der Waals surface area (Å²) < 4.78 is 11.2. The summed E-state index contributed by atoms with van der Waals surface area (Å²) in [5.41, 5.74) is 1.37. The SMILES string of the molecule is CC1(C)CNCC(COC/C=C/Cl)O1. The Bertz CT molecular complexity index is 195. The van der Waals surface area contributed by atoms with Crippen LogP contribution >= 0.6 is 11.6 Å². The lowest BCUT2D eigenvalue weighted by Crippen LogP contribution is -2.51. The van der Waals surface area contributed by atoms with Gasteiger partial charge in [0, 0.05) is 18.6 Å². The van der Waals surface area contributed by atoms with E-state index in [9.17, 15) is 0 Å². The highest BCUT2D eigenvalue weighted by Crippen LogP contribution is 2.15. The molecule has 1 fully saturated rings. The Labute approximate surface area is 90.4 Å². The molecule has 3 nitrogen and oxygen atoms in total. The smallest absolute Gasteiger partial charge is 0.0940 e. The lowest BCUT2D eigenvalue weighted by Gasteiger charge is -2.36. The molecule has 1 aliphatic rings. The van der Waals surface area contributed by atoms with Gasteiger partial charge in [-0.25, -0.2) is 0 Å². The van der Waals surface area contributed by atoms with Gasteiger partial charge in [0.05, 0.1) is 24.9 Å². The molecular formula is C10H18ClNO2. The second kappa shape index (κ2) is 5.71. The number of halogens is 1. The first-order valence-electron chi connectivity index (χ1n) is 4.85. The highest BCUT2D eigenvalue weighted by atomic mass is 35.5. The van der Waals surface area contributed by atoms with Gasteiger partial charge < -0.3 is 14.8 Å². The molecule has 0 aliphatic carbocycles. The van der Waals surface area contributed by atoms with Crippen molar-refractivity contribution in [3.8, 4) is 0 Å². The van der Waals surface area contributed by atoms with Gasteiger partial charge in [-0.2, -0.15) is 0 Å². The van der Waals surface area contributed by atoms with E-state index in [1.54, 1.807) is 6.08 Å². The van der Waals surface area contributed by atoms with E-state index >= 15 is 0 Å². The highest BCUT2D eigenvalue weighted by Gasteiger charge is 2.27. The third kappa shape index (κ3) is 4.42. The Hall–Kier alpha value is -0.0900. The fourth-order valence-corrected chi connectivity index (χ4v) is 1.54. The van der Waals surface area contributed by atoms with Crippen LogP contribution in [0.1, 0.15) is 13.8 Å². The molecule has 1 saturated heterocycles. The zero-order valence-corrected chi connectivity index (χ0v) is 9.51. The van der Waals surface area contributed by atoms with Crippen molar-refractivity contribution in [3.05, 3.63) is 11.6 Å². The minimum Gasteiger partial charge on any atom is -0.375 e. The molecule has 0 amide bonds. The fraction of sp³-hybridized carbons (Fsp3) is 0.800. The molecule has 0 aromatic rings. The van der Waals surface area contributed by atoms with Gasteiger partial charge in [0.25, 0.3) is 0 Å². The summed E-state index contributed by atoms with van der Waals surface area (Å²) in [4.78, 5) is 0. The molecule has 1 atom stereocenters. The van der Waals surface area contributed by atoms with Crippen molar-refractivity contribution in [1.29, 1.82) is 0 Å². The Kier molecular flexibility index (Phi) is 4.89. The predicted molar refractivity (Wildman–Crippen MR) is 57.6 cm³/mol. The van der Waals surface area contributed by atoms with Crippen molar-refractivity contribution >= 4 is 11.6 Å². The second-order valence-corrected chi connectivity index (χ2v) is 4.28. The summed E-state index contributed by atoms with van der Waals surface area (Å²) in [6.45, 7) is 7.05. The third-order valence-corrected chi connectivity index (χ3v) is 2.19. The minimum atomic E-state index is -0.0887.